The van der Waals surface area contributed by atoms with Crippen molar-refractivity contribution in [2.45, 2.75) is 25.7 Å². The van der Waals surface area contributed by atoms with Crippen LogP contribution in [0.25, 0.3) is 0 Å². The number of amides is 10. The van der Waals surface area contributed by atoms with Crippen LogP contribution in [0.2, 0.25) is 0 Å². The van der Waals surface area contributed by atoms with Gasteiger partial charge in [-0.2, -0.15) is 0 Å². The van der Waals surface area contributed by atoms with Gasteiger partial charge in [0, 0.05) is 151 Å². The van der Waals surface area contributed by atoms with Gasteiger partial charge in [0.25, 0.3) is 47.3 Å². The van der Waals surface area contributed by atoms with E-state index in [0.29, 0.717) is 46.4 Å². The Kier molecular flexibility index (Phi) is 20.0. The summed E-state index contributed by atoms with van der Waals surface area (Å²) < 4.78 is 12.4. The quantitative estimate of drug-likeness (QED) is 0.0349. The monoisotopic (exact) mass is 1220 g/mol. The fourth-order valence-corrected chi connectivity index (χ4v) is 9.66. The van der Waals surface area contributed by atoms with Crippen molar-refractivity contribution in [3.8, 4) is 0 Å². The van der Waals surface area contributed by atoms with Crippen LogP contribution < -0.4 is 58.1 Å². The third-order valence-corrected chi connectivity index (χ3v) is 14.2. The summed E-state index contributed by atoms with van der Waals surface area (Å²) in [5, 5.41) is 27.8. The largest absolute Gasteiger partial charge is 0.356 e. The highest BCUT2D eigenvalue weighted by Gasteiger charge is 2.23. The van der Waals surface area contributed by atoms with Gasteiger partial charge in [-0.25, -0.2) is 4.98 Å². The molecule has 0 radical (unpaired) electrons. The maximum atomic E-state index is 13.5. The molecule has 10 amide bonds. The molecule has 8 aromatic heterocycles. The van der Waals surface area contributed by atoms with E-state index >= 15 is 0 Å². The molecule has 0 atom stereocenters. The highest BCUT2D eigenvalue weighted by molar-refractivity contribution is 6.10. The molecule has 11 N–H and O–H groups in total. The number of rotatable bonds is 26. The number of carbonyl (C=O) groups is 10. The Morgan fingerprint density at radius 3 is 0.978 bits per heavy atom. The highest BCUT2D eigenvalue weighted by atomic mass is 16.2. The Morgan fingerprint density at radius 2 is 0.652 bits per heavy atom. The first kappa shape index (κ1) is 63.8. The molecule has 0 saturated carbocycles. The molecule has 0 saturated heterocycles. The van der Waals surface area contributed by atoms with Crippen molar-refractivity contribution < 1.29 is 52.8 Å². The zero-order chi connectivity index (χ0) is 64.4. The SMILES string of the molecule is Cn1cc(NC(=O)c2cc(NC(=O)c3cc(NC(=O)c4nccn4C)cn3C)cn2C)cc1C(=O)NCCCC(=O)Nc1cc(C(=O)Nc2cc(C(=O)Nc3cc(C(=O)Nc4cc(C(=O)NCCC(=O)NCCC[NH+](C)C)n(C)c4)n(C)c3)n(C)c2)n(C)c1. The van der Waals surface area contributed by atoms with Crippen LogP contribution in [-0.4, -0.2) is 141 Å². The number of hydrogen-bond donors (Lipinski definition) is 11. The second kappa shape index (κ2) is 27.9. The Balaban J connectivity index is 0.747. The zero-order valence-electron chi connectivity index (χ0n) is 51.0. The first-order valence-corrected chi connectivity index (χ1v) is 28.2. The molecule has 30 nitrogen and oxygen atoms in total. The average Bonchev–Trinajstić information content (AvgIpc) is 3.49. The predicted molar refractivity (Wildman–Crippen MR) is 331 cm³/mol. The lowest BCUT2D eigenvalue weighted by Crippen LogP contribution is -3.05. The third kappa shape index (κ3) is 16.2. The molecular formula is C59H73N20O10+. The van der Waals surface area contributed by atoms with Crippen LogP contribution in [0, 0.1) is 0 Å². The van der Waals surface area contributed by atoms with Crippen molar-refractivity contribution in [1.82, 2.24) is 57.5 Å². The molecule has 0 spiro atoms. The van der Waals surface area contributed by atoms with Crippen molar-refractivity contribution in [3.05, 3.63) is 144 Å². The average molecular weight is 1220 g/mol. The molecular weight excluding hydrogens is 1150 g/mol. The molecule has 89 heavy (non-hydrogen) atoms. The molecule has 8 aromatic rings. The van der Waals surface area contributed by atoms with E-state index in [4.69, 9.17) is 0 Å². The van der Waals surface area contributed by atoms with Gasteiger partial charge in [0.05, 0.1) is 60.5 Å². The van der Waals surface area contributed by atoms with Gasteiger partial charge >= 0.3 is 0 Å². The van der Waals surface area contributed by atoms with Crippen LogP contribution in [0.3, 0.4) is 0 Å². The number of imidazole rings is 1. The summed E-state index contributed by atoms with van der Waals surface area (Å²) in [5.41, 5.74) is 4.00. The van der Waals surface area contributed by atoms with Crippen molar-refractivity contribution in [2.24, 2.45) is 56.4 Å². The fraction of sp³-hybridized carbons (Fsp3) is 0.305. The van der Waals surface area contributed by atoms with Gasteiger partial charge in [-0.1, -0.05) is 0 Å². The van der Waals surface area contributed by atoms with Crippen molar-refractivity contribution in [1.29, 1.82) is 0 Å². The second-order valence-electron chi connectivity index (χ2n) is 21.7. The summed E-state index contributed by atoms with van der Waals surface area (Å²) >= 11 is 0. The topological polar surface area (TPSA) is 348 Å². The van der Waals surface area contributed by atoms with Gasteiger partial charge < -0.3 is 94.6 Å². The molecule has 0 aliphatic carbocycles. The number of aromatic nitrogens is 9. The molecule has 0 bridgehead atoms. The molecule has 0 unspecified atom stereocenters. The molecule has 0 fully saturated rings. The first-order valence-electron chi connectivity index (χ1n) is 28.2. The zero-order valence-corrected chi connectivity index (χ0v) is 51.0. The van der Waals surface area contributed by atoms with Crippen molar-refractivity contribution in [3.63, 3.8) is 0 Å². The molecule has 8 heterocycles. The molecule has 30 heteroatoms. The van der Waals surface area contributed by atoms with Crippen molar-refractivity contribution >= 4 is 98.9 Å². The van der Waals surface area contributed by atoms with Crippen molar-refractivity contribution in [2.75, 3.05) is 77.5 Å². The Bertz CT molecular complexity index is 4020. The van der Waals surface area contributed by atoms with Gasteiger partial charge in [0.1, 0.15) is 39.9 Å². The summed E-state index contributed by atoms with van der Waals surface area (Å²) in [6.07, 6.45) is 15.4. The van der Waals surface area contributed by atoms with E-state index in [2.05, 4.69) is 58.2 Å². The lowest BCUT2D eigenvalue weighted by Gasteiger charge is -2.09. The maximum Gasteiger partial charge on any atom is 0.291 e. The lowest BCUT2D eigenvalue weighted by molar-refractivity contribution is -0.858. The first-order chi connectivity index (χ1) is 42.3. The van der Waals surface area contributed by atoms with E-state index in [0.717, 1.165) is 13.0 Å². The Labute approximate surface area is 510 Å². The predicted octanol–water partition coefficient (Wildman–Crippen LogP) is 2.22. The third-order valence-electron chi connectivity index (χ3n) is 14.2. The van der Waals surface area contributed by atoms with Gasteiger partial charge in [0.2, 0.25) is 11.8 Å². The summed E-state index contributed by atoms with van der Waals surface area (Å²) in [6.45, 7) is 1.78. The smallest absolute Gasteiger partial charge is 0.291 e. The maximum absolute atomic E-state index is 13.5. The lowest BCUT2D eigenvalue weighted by atomic mass is 10.2. The number of hydrogen-bond acceptors (Lipinski definition) is 11. The van der Waals surface area contributed by atoms with E-state index in [9.17, 15) is 47.9 Å². The minimum atomic E-state index is -0.524. The minimum Gasteiger partial charge on any atom is -0.356 e. The standard InChI is InChI=1S/C59H72N20O10/c1-71(2)19-12-16-60-49(80)14-17-63-53(83)43-23-37(30-74(43)5)66-56(86)46-25-39(32-76(46)7)68-57(87)47-24-38(31-78(47)9)67-54(84)44-21-35(28-75(44)6)64-50(81)13-11-15-62-52(82)42-22-36(29-73(42)4)65-55(85)45-26-40(33-77(45)8)69-58(88)48-27-41(34-79(48)10)70-59(89)51-61-18-20-72(51)3/h18,20-34H,11-17,19H2,1-10H3,(H,60,80)(H,62,82)(H,63,83)(H,64,81)(H,65,85)(H,66,86)(H,67,84)(H,68,87)(H,69,88)(H,70,89)/p+1. The Hall–Kier alpha value is -11.2. The van der Waals surface area contributed by atoms with Gasteiger partial charge in [-0.05, 0) is 48.9 Å². The van der Waals surface area contributed by atoms with Crippen LogP contribution in [0.5, 0.6) is 0 Å². The molecule has 468 valence electrons. The fourth-order valence-electron chi connectivity index (χ4n) is 9.66. The van der Waals surface area contributed by atoms with Gasteiger partial charge in [0.15, 0.2) is 5.82 Å². The minimum absolute atomic E-state index is 0.0347. The van der Waals surface area contributed by atoms with Gasteiger partial charge in [-0.3, -0.25) is 47.9 Å². The number of aryl methyl sites for hydroxylation is 8. The van der Waals surface area contributed by atoms with Crippen LogP contribution in [0.15, 0.2) is 98.2 Å². The molecule has 0 aliphatic heterocycles. The van der Waals surface area contributed by atoms with E-state index in [1.165, 1.54) is 71.8 Å². The van der Waals surface area contributed by atoms with Crippen LogP contribution in [-0.2, 0) is 66.0 Å². The van der Waals surface area contributed by atoms with E-state index < -0.39 is 47.3 Å². The number of nitrogens with zero attached hydrogens (tertiary/aromatic N) is 9. The summed E-state index contributed by atoms with van der Waals surface area (Å²) in [6, 6.07) is 10.5. The second-order valence-corrected chi connectivity index (χ2v) is 21.7. The van der Waals surface area contributed by atoms with E-state index in [-0.39, 0.29) is 89.8 Å². The number of quaternary nitrogens is 1. The summed E-state index contributed by atoms with van der Waals surface area (Å²) in [4.78, 5) is 136. The number of carbonyl (C=O) groups excluding carboxylic acids is 10. The van der Waals surface area contributed by atoms with E-state index in [1.54, 1.807) is 124 Å². The van der Waals surface area contributed by atoms with Gasteiger partial charge in [-0.15, -0.1) is 0 Å². The molecule has 0 aromatic carbocycles. The molecule has 0 aliphatic rings. The number of nitrogens with one attached hydrogen (secondary N) is 11. The van der Waals surface area contributed by atoms with E-state index in [1.807, 2.05) is 14.1 Å². The summed E-state index contributed by atoms with van der Waals surface area (Å²) in [5.74, 6) is -4.14. The molecule has 8 rings (SSSR count). The normalized spacial score (nSPS) is 11.0. The summed E-state index contributed by atoms with van der Waals surface area (Å²) in [7, 11) is 17.3. The van der Waals surface area contributed by atoms with Crippen LogP contribution in [0.1, 0.15) is 110 Å². The van der Waals surface area contributed by atoms with Crippen LogP contribution >= 0.6 is 0 Å². The Morgan fingerprint density at radius 1 is 0.348 bits per heavy atom. The highest BCUT2D eigenvalue weighted by Crippen LogP contribution is 2.24. The van der Waals surface area contributed by atoms with Crippen LogP contribution in [0.4, 0.5) is 39.8 Å². The number of anilines is 7.